The fraction of sp³-hybridized carbons (Fsp3) is 0.357. The molecule has 38 heavy (non-hydrogen) atoms. The first kappa shape index (κ1) is 27.7. The van der Waals surface area contributed by atoms with E-state index in [0.717, 1.165) is 31.6 Å². The zero-order chi connectivity index (χ0) is 27.3. The molecule has 0 bridgehead atoms. The number of nitrogens with one attached hydrogen (secondary N) is 1. The number of rotatable bonds is 12. The van der Waals surface area contributed by atoms with E-state index in [-0.39, 0.29) is 29.0 Å². The highest BCUT2D eigenvalue weighted by Gasteiger charge is 2.29. The predicted molar refractivity (Wildman–Crippen MR) is 150 cm³/mol. The fourth-order valence-corrected chi connectivity index (χ4v) is 5.85. The first-order chi connectivity index (χ1) is 18.2. The Morgan fingerprint density at radius 3 is 2.34 bits per heavy atom. The number of thiophene rings is 1. The van der Waals surface area contributed by atoms with E-state index in [0.29, 0.717) is 28.6 Å². The molecule has 2 aromatic carbocycles. The molecule has 4 rings (SSSR count). The van der Waals surface area contributed by atoms with Crippen LogP contribution in [0.3, 0.4) is 0 Å². The lowest BCUT2D eigenvalue weighted by Crippen LogP contribution is -2.32. The van der Waals surface area contributed by atoms with Crippen LogP contribution in [-0.2, 0) is 21.5 Å². The van der Waals surface area contributed by atoms with Crippen LogP contribution in [0.15, 0.2) is 64.9 Å². The molecule has 202 valence electrons. The first-order valence-electron chi connectivity index (χ1n) is 12.7. The molecule has 0 aliphatic heterocycles. The number of hydrogen-bond acceptors (Lipinski definition) is 7. The Morgan fingerprint density at radius 1 is 1.05 bits per heavy atom. The quantitative estimate of drug-likeness (QED) is 0.302. The molecule has 3 aromatic rings. The van der Waals surface area contributed by atoms with Gasteiger partial charge in [0.1, 0.15) is 10.6 Å². The van der Waals surface area contributed by atoms with Crippen LogP contribution in [0, 0.1) is 5.92 Å². The monoisotopic (exact) mass is 555 g/mol. The number of benzene rings is 2. The second kappa shape index (κ2) is 12.0. The van der Waals surface area contributed by atoms with Crippen molar-refractivity contribution in [2.75, 3.05) is 29.9 Å². The zero-order valence-electron chi connectivity index (χ0n) is 21.8. The van der Waals surface area contributed by atoms with E-state index in [1.807, 2.05) is 43.5 Å². The molecule has 0 radical (unpaired) electrons. The van der Waals surface area contributed by atoms with E-state index >= 15 is 0 Å². The van der Waals surface area contributed by atoms with Crippen molar-refractivity contribution in [3.63, 3.8) is 0 Å². The summed E-state index contributed by atoms with van der Waals surface area (Å²) < 4.78 is 32.3. The Kier molecular flexibility index (Phi) is 8.73. The summed E-state index contributed by atoms with van der Waals surface area (Å²) in [5.74, 6) is 0.342. The van der Waals surface area contributed by atoms with Gasteiger partial charge in [-0.3, -0.25) is 9.59 Å². The molecule has 1 aliphatic rings. The van der Waals surface area contributed by atoms with E-state index < -0.39 is 10.1 Å². The van der Waals surface area contributed by atoms with Gasteiger partial charge in [0.2, 0.25) is 5.91 Å². The van der Waals surface area contributed by atoms with E-state index in [4.69, 9.17) is 4.18 Å². The molecule has 0 unspecified atom stereocenters. The van der Waals surface area contributed by atoms with E-state index in [2.05, 4.69) is 10.2 Å². The first-order valence-corrected chi connectivity index (χ1v) is 15.0. The second-order valence-corrected chi connectivity index (χ2v) is 11.8. The topological polar surface area (TPSA) is 96.0 Å². The highest BCUT2D eigenvalue weighted by molar-refractivity contribution is 7.87. The van der Waals surface area contributed by atoms with Gasteiger partial charge < -0.3 is 19.3 Å². The normalized spacial score (nSPS) is 13.1. The van der Waals surface area contributed by atoms with Crippen LogP contribution < -0.4 is 14.4 Å². The predicted octanol–water partition coefficient (Wildman–Crippen LogP) is 5.37. The van der Waals surface area contributed by atoms with Gasteiger partial charge in [0.15, 0.2) is 0 Å². The summed E-state index contributed by atoms with van der Waals surface area (Å²) in [6, 6.07) is 15.0. The van der Waals surface area contributed by atoms with Crippen LogP contribution in [0.1, 0.15) is 48.8 Å². The minimum Gasteiger partial charge on any atom is -0.379 e. The van der Waals surface area contributed by atoms with Gasteiger partial charge in [0.25, 0.3) is 5.91 Å². The lowest BCUT2D eigenvalue weighted by molar-refractivity contribution is -0.114. The standard InChI is InChI=1S/C28H33N3O5S2/c1-4-30(5-2)24-13-10-22(19-31(18-21-8-9-21)28(33)27-7-6-16-37-27)26(17-24)36-38(34,35)25-14-11-23(12-15-25)29-20(3)32/h6-7,10-17,21H,4-5,8-9,18-19H2,1-3H3,(H,29,32). The maximum absolute atomic E-state index is 13.3. The second-order valence-electron chi connectivity index (χ2n) is 9.31. The van der Waals surface area contributed by atoms with Gasteiger partial charge >= 0.3 is 10.1 Å². The summed E-state index contributed by atoms with van der Waals surface area (Å²) in [7, 11) is -4.18. The molecule has 1 aromatic heterocycles. The van der Waals surface area contributed by atoms with Crippen LogP contribution in [0.2, 0.25) is 0 Å². The van der Waals surface area contributed by atoms with Gasteiger partial charge in [-0.15, -0.1) is 11.3 Å². The van der Waals surface area contributed by atoms with Crippen molar-refractivity contribution in [2.45, 2.75) is 45.1 Å². The summed E-state index contributed by atoms with van der Waals surface area (Å²) >= 11 is 1.39. The molecule has 1 aliphatic carbocycles. The fourth-order valence-electron chi connectivity index (χ4n) is 4.20. The third-order valence-electron chi connectivity index (χ3n) is 6.40. The Morgan fingerprint density at radius 2 is 1.76 bits per heavy atom. The molecule has 10 heteroatoms. The van der Waals surface area contributed by atoms with Gasteiger partial charge in [-0.25, -0.2) is 0 Å². The maximum Gasteiger partial charge on any atom is 0.339 e. The molecule has 0 atom stereocenters. The lowest BCUT2D eigenvalue weighted by atomic mass is 10.1. The summed E-state index contributed by atoms with van der Waals surface area (Å²) in [6.07, 6.45) is 2.17. The van der Waals surface area contributed by atoms with Crippen LogP contribution in [0.4, 0.5) is 11.4 Å². The molecule has 1 N–H and O–H groups in total. The van der Waals surface area contributed by atoms with Gasteiger partial charge in [-0.05, 0) is 74.4 Å². The van der Waals surface area contributed by atoms with Gasteiger partial charge in [0, 0.05) is 56.1 Å². The van der Waals surface area contributed by atoms with Crippen molar-refractivity contribution < 1.29 is 22.2 Å². The van der Waals surface area contributed by atoms with Crippen LogP contribution >= 0.6 is 11.3 Å². The van der Waals surface area contributed by atoms with Crippen molar-refractivity contribution in [3.05, 3.63) is 70.4 Å². The van der Waals surface area contributed by atoms with Crippen LogP contribution in [-0.4, -0.2) is 44.8 Å². The molecule has 0 saturated heterocycles. The molecular weight excluding hydrogens is 522 g/mol. The van der Waals surface area contributed by atoms with Crippen molar-refractivity contribution in [1.82, 2.24) is 4.90 Å². The minimum absolute atomic E-state index is 0.0321. The van der Waals surface area contributed by atoms with E-state index in [9.17, 15) is 18.0 Å². The number of nitrogens with zero attached hydrogens (tertiary/aromatic N) is 2. The van der Waals surface area contributed by atoms with Crippen LogP contribution in [0.25, 0.3) is 0 Å². The Hall–Kier alpha value is -3.37. The number of carbonyl (C=O) groups excluding carboxylic acids is 2. The van der Waals surface area contributed by atoms with Crippen molar-refractivity contribution in [3.8, 4) is 5.75 Å². The van der Waals surface area contributed by atoms with E-state index in [1.54, 1.807) is 11.0 Å². The highest BCUT2D eigenvalue weighted by atomic mass is 32.2. The van der Waals surface area contributed by atoms with Gasteiger partial charge in [-0.2, -0.15) is 8.42 Å². The highest BCUT2D eigenvalue weighted by Crippen LogP contribution is 2.34. The average Bonchev–Trinajstić information content (AvgIpc) is 3.53. The smallest absolute Gasteiger partial charge is 0.339 e. The number of amides is 2. The van der Waals surface area contributed by atoms with Gasteiger partial charge in [0.05, 0.1) is 4.88 Å². The summed E-state index contributed by atoms with van der Waals surface area (Å²) in [4.78, 5) is 29.1. The lowest BCUT2D eigenvalue weighted by Gasteiger charge is -2.26. The Bertz CT molecular complexity index is 1360. The van der Waals surface area contributed by atoms with Crippen molar-refractivity contribution in [2.24, 2.45) is 5.92 Å². The largest absolute Gasteiger partial charge is 0.379 e. The summed E-state index contributed by atoms with van der Waals surface area (Å²) in [5.41, 5.74) is 1.94. The molecule has 8 nitrogen and oxygen atoms in total. The maximum atomic E-state index is 13.3. The summed E-state index contributed by atoms with van der Waals surface area (Å²) in [5, 5.41) is 4.50. The number of anilines is 2. The Balaban J connectivity index is 1.66. The molecule has 1 heterocycles. The molecular formula is C28H33N3O5S2. The molecule has 0 spiro atoms. The Labute approximate surface area is 228 Å². The average molecular weight is 556 g/mol. The minimum atomic E-state index is -4.18. The zero-order valence-corrected chi connectivity index (χ0v) is 23.5. The molecule has 1 fully saturated rings. The third-order valence-corrected chi connectivity index (χ3v) is 8.50. The molecule has 1 saturated carbocycles. The van der Waals surface area contributed by atoms with Crippen LogP contribution in [0.5, 0.6) is 5.75 Å². The third kappa shape index (κ3) is 6.93. The number of carbonyl (C=O) groups is 2. The number of hydrogen-bond donors (Lipinski definition) is 1. The van der Waals surface area contributed by atoms with Crippen molar-refractivity contribution in [1.29, 1.82) is 0 Å². The SMILES string of the molecule is CCN(CC)c1ccc(CN(CC2CC2)C(=O)c2cccs2)c(OS(=O)(=O)c2ccc(NC(C)=O)cc2)c1. The van der Waals surface area contributed by atoms with E-state index in [1.165, 1.54) is 42.5 Å². The molecule has 2 amide bonds. The van der Waals surface area contributed by atoms with Gasteiger partial charge in [-0.1, -0.05) is 12.1 Å². The summed E-state index contributed by atoms with van der Waals surface area (Å²) in [6.45, 7) is 7.79. The van der Waals surface area contributed by atoms with Crippen molar-refractivity contribution >= 4 is 44.6 Å².